The Morgan fingerprint density at radius 3 is 2.81 bits per heavy atom. The predicted octanol–water partition coefficient (Wildman–Crippen LogP) is 2.61. The highest BCUT2D eigenvalue weighted by molar-refractivity contribution is 9.10. The van der Waals surface area contributed by atoms with Crippen molar-refractivity contribution >= 4 is 33.0 Å². The SMILES string of the molecule is Cc1csc(=O)n1Cc1c(N)cccc1Br. The maximum Gasteiger partial charge on any atom is 0.307 e. The average molecular weight is 299 g/mol. The topological polar surface area (TPSA) is 48.0 Å². The Morgan fingerprint density at radius 2 is 2.25 bits per heavy atom. The van der Waals surface area contributed by atoms with Gasteiger partial charge in [-0.05, 0) is 19.1 Å². The van der Waals surface area contributed by atoms with Crippen molar-refractivity contribution in [2.75, 3.05) is 5.73 Å². The third kappa shape index (κ3) is 2.05. The molecule has 0 saturated carbocycles. The minimum Gasteiger partial charge on any atom is -0.398 e. The van der Waals surface area contributed by atoms with Crippen molar-refractivity contribution in [3.8, 4) is 0 Å². The lowest BCUT2D eigenvalue weighted by Gasteiger charge is -2.09. The van der Waals surface area contributed by atoms with Crippen molar-refractivity contribution in [2.24, 2.45) is 0 Å². The molecule has 1 heterocycles. The second-order valence-electron chi connectivity index (χ2n) is 3.54. The Kier molecular flexibility index (Phi) is 3.16. The molecule has 0 radical (unpaired) electrons. The van der Waals surface area contributed by atoms with Crippen molar-refractivity contribution in [3.63, 3.8) is 0 Å². The number of aromatic nitrogens is 1. The van der Waals surface area contributed by atoms with Gasteiger partial charge in [-0.3, -0.25) is 9.36 Å². The van der Waals surface area contributed by atoms with E-state index in [1.807, 2.05) is 30.5 Å². The van der Waals surface area contributed by atoms with Crippen LogP contribution in [0.15, 0.2) is 32.8 Å². The van der Waals surface area contributed by atoms with Gasteiger partial charge < -0.3 is 5.73 Å². The highest BCUT2D eigenvalue weighted by Gasteiger charge is 2.08. The highest BCUT2D eigenvalue weighted by atomic mass is 79.9. The van der Waals surface area contributed by atoms with Crippen LogP contribution in [0.4, 0.5) is 5.69 Å². The highest BCUT2D eigenvalue weighted by Crippen LogP contribution is 2.23. The van der Waals surface area contributed by atoms with Crippen LogP contribution in [0, 0.1) is 6.92 Å². The minimum atomic E-state index is 0.0488. The number of anilines is 1. The van der Waals surface area contributed by atoms with E-state index in [-0.39, 0.29) is 4.87 Å². The summed E-state index contributed by atoms with van der Waals surface area (Å²) >= 11 is 4.66. The first-order chi connectivity index (χ1) is 7.59. The zero-order chi connectivity index (χ0) is 11.7. The van der Waals surface area contributed by atoms with Gasteiger partial charge in [0.15, 0.2) is 0 Å². The third-order valence-corrected chi connectivity index (χ3v) is 4.07. The standard InChI is InChI=1S/C11H11BrN2OS/c1-7-6-16-11(15)14(7)5-8-9(12)3-2-4-10(8)13/h2-4,6H,5,13H2,1H3. The van der Waals surface area contributed by atoms with Crippen molar-refractivity contribution < 1.29 is 0 Å². The Labute approximate surface area is 106 Å². The van der Waals surface area contributed by atoms with E-state index in [2.05, 4.69) is 15.9 Å². The molecule has 16 heavy (non-hydrogen) atoms. The quantitative estimate of drug-likeness (QED) is 0.867. The van der Waals surface area contributed by atoms with Crippen LogP contribution in [0.25, 0.3) is 0 Å². The smallest absolute Gasteiger partial charge is 0.307 e. The van der Waals surface area contributed by atoms with E-state index in [4.69, 9.17) is 5.73 Å². The first-order valence-electron chi connectivity index (χ1n) is 4.77. The molecule has 2 N–H and O–H groups in total. The van der Waals surface area contributed by atoms with Crippen LogP contribution in [-0.2, 0) is 6.54 Å². The number of benzene rings is 1. The number of hydrogen-bond donors (Lipinski definition) is 1. The summed E-state index contributed by atoms with van der Waals surface area (Å²) in [4.78, 5) is 11.6. The lowest BCUT2D eigenvalue weighted by molar-refractivity contribution is 0.754. The molecule has 1 aromatic carbocycles. The van der Waals surface area contributed by atoms with Gasteiger partial charge in [-0.15, -0.1) is 0 Å². The van der Waals surface area contributed by atoms with Gasteiger partial charge in [-0.1, -0.05) is 33.3 Å². The fourth-order valence-electron chi connectivity index (χ4n) is 1.50. The lowest BCUT2D eigenvalue weighted by Crippen LogP contribution is -2.16. The second kappa shape index (κ2) is 4.43. The van der Waals surface area contributed by atoms with Crippen LogP contribution in [0.1, 0.15) is 11.3 Å². The summed E-state index contributed by atoms with van der Waals surface area (Å²) in [6.45, 7) is 2.44. The number of nitrogens with two attached hydrogens (primary N) is 1. The molecule has 0 atom stereocenters. The molecule has 0 aliphatic carbocycles. The molecule has 0 aliphatic rings. The number of thiazole rings is 1. The second-order valence-corrected chi connectivity index (χ2v) is 5.21. The average Bonchev–Trinajstić information content (AvgIpc) is 2.54. The number of nitrogen functional groups attached to an aromatic ring is 1. The molecule has 84 valence electrons. The van der Waals surface area contributed by atoms with Crippen LogP contribution >= 0.6 is 27.3 Å². The molecule has 0 unspecified atom stereocenters. The Bertz CT molecular complexity index is 553. The fraction of sp³-hybridized carbons (Fsp3) is 0.182. The summed E-state index contributed by atoms with van der Waals surface area (Å²) in [5.74, 6) is 0. The number of halogens is 1. The molecular formula is C11H11BrN2OS. The van der Waals surface area contributed by atoms with Gasteiger partial charge in [0.1, 0.15) is 0 Å². The van der Waals surface area contributed by atoms with Crippen LogP contribution < -0.4 is 10.6 Å². The van der Waals surface area contributed by atoms with Gasteiger partial charge >= 0.3 is 4.87 Å². The van der Waals surface area contributed by atoms with Crippen molar-refractivity contribution in [3.05, 3.63) is 49.0 Å². The Hall–Kier alpha value is -1.07. The molecule has 5 heteroatoms. The molecule has 0 spiro atoms. The van der Waals surface area contributed by atoms with E-state index in [1.165, 1.54) is 11.3 Å². The van der Waals surface area contributed by atoms with E-state index in [1.54, 1.807) is 4.57 Å². The van der Waals surface area contributed by atoms with E-state index >= 15 is 0 Å². The van der Waals surface area contributed by atoms with Crippen LogP contribution in [0.2, 0.25) is 0 Å². The molecule has 0 amide bonds. The fourth-order valence-corrected chi connectivity index (χ4v) is 2.74. The summed E-state index contributed by atoms with van der Waals surface area (Å²) in [5, 5.41) is 1.86. The summed E-state index contributed by atoms with van der Waals surface area (Å²) in [5.41, 5.74) is 8.51. The van der Waals surface area contributed by atoms with Crippen LogP contribution in [0.3, 0.4) is 0 Å². The maximum atomic E-state index is 11.6. The van der Waals surface area contributed by atoms with Gasteiger partial charge in [0.25, 0.3) is 0 Å². The van der Waals surface area contributed by atoms with Crippen LogP contribution in [-0.4, -0.2) is 4.57 Å². The Balaban J connectivity index is 2.45. The Morgan fingerprint density at radius 1 is 1.50 bits per heavy atom. The molecule has 3 nitrogen and oxygen atoms in total. The van der Waals surface area contributed by atoms with Crippen molar-refractivity contribution in [1.29, 1.82) is 0 Å². The molecule has 1 aromatic heterocycles. The zero-order valence-electron chi connectivity index (χ0n) is 8.74. The minimum absolute atomic E-state index is 0.0488. The molecule has 2 aromatic rings. The van der Waals surface area contributed by atoms with Crippen molar-refractivity contribution in [2.45, 2.75) is 13.5 Å². The van der Waals surface area contributed by atoms with Gasteiger partial charge in [0.2, 0.25) is 0 Å². The number of rotatable bonds is 2. The number of nitrogens with zero attached hydrogens (tertiary/aromatic N) is 1. The molecule has 0 bridgehead atoms. The molecule has 0 fully saturated rings. The van der Waals surface area contributed by atoms with E-state index < -0.39 is 0 Å². The predicted molar refractivity (Wildman–Crippen MR) is 71.0 cm³/mol. The first-order valence-corrected chi connectivity index (χ1v) is 6.44. The lowest BCUT2D eigenvalue weighted by atomic mass is 10.2. The van der Waals surface area contributed by atoms with Gasteiger partial charge in [0, 0.05) is 26.8 Å². The first kappa shape index (κ1) is 11.4. The van der Waals surface area contributed by atoms with E-state index in [0.29, 0.717) is 12.2 Å². The van der Waals surface area contributed by atoms with Gasteiger partial charge in [-0.25, -0.2) is 0 Å². The molecule has 2 rings (SSSR count). The largest absolute Gasteiger partial charge is 0.398 e. The summed E-state index contributed by atoms with van der Waals surface area (Å²) in [6.07, 6.45) is 0. The molecule has 0 saturated heterocycles. The van der Waals surface area contributed by atoms with Gasteiger partial charge in [-0.2, -0.15) is 0 Å². The molecule has 0 aliphatic heterocycles. The van der Waals surface area contributed by atoms with E-state index in [0.717, 1.165) is 15.7 Å². The molecular weight excluding hydrogens is 288 g/mol. The number of aryl methyl sites for hydroxylation is 1. The normalized spacial score (nSPS) is 10.6. The number of hydrogen-bond acceptors (Lipinski definition) is 3. The maximum absolute atomic E-state index is 11.6. The monoisotopic (exact) mass is 298 g/mol. The van der Waals surface area contributed by atoms with Crippen LogP contribution in [0.5, 0.6) is 0 Å². The summed E-state index contributed by atoms with van der Waals surface area (Å²) in [6, 6.07) is 5.65. The third-order valence-electron chi connectivity index (χ3n) is 2.45. The summed E-state index contributed by atoms with van der Waals surface area (Å²) in [7, 11) is 0. The van der Waals surface area contributed by atoms with E-state index in [9.17, 15) is 4.79 Å². The summed E-state index contributed by atoms with van der Waals surface area (Å²) < 4.78 is 2.66. The zero-order valence-corrected chi connectivity index (χ0v) is 11.1. The van der Waals surface area contributed by atoms with Crippen molar-refractivity contribution in [1.82, 2.24) is 4.57 Å². The van der Waals surface area contributed by atoms with Gasteiger partial charge in [0.05, 0.1) is 6.54 Å².